The van der Waals surface area contributed by atoms with E-state index in [0.29, 0.717) is 0 Å². The third-order valence-electron chi connectivity index (χ3n) is 0.947. The minimum Gasteiger partial charge on any atom is -0.324 e. The van der Waals surface area contributed by atoms with Gasteiger partial charge in [0.15, 0.2) is 5.69 Å². The third-order valence-corrected chi connectivity index (χ3v) is 0.947. The van der Waals surface area contributed by atoms with Crippen LogP contribution in [0.25, 0.3) is 0 Å². The molecule has 1 N–H and O–H groups in total. The molecule has 1 aromatic rings. The lowest BCUT2D eigenvalue weighted by Gasteiger charge is -1.86. The van der Waals surface area contributed by atoms with Crippen molar-refractivity contribution in [1.29, 1.82) is 0 Å². The van der Waals surface area contributed by atoms with Gasteiger partial charge >= 0.3 is 0 Å². The highest BCUT2D eigenvalue weighted by Crippen LogP contribution is 2.03. The number of halogens is 1. The highest BCUT2D eigenvalue weighted by atomic mass is 19.1. The van der Waals surface area contributed by atoms with Crippen molar-refractivity contribution < 1.29 is 4.39 Å². The second kappa shape index (κ2) is 2.38. The zero-order valence-corrected chi connectivity index (χ0v) is 4.80. The summed E-state index contributed by atoms with van der Waals surface area (Å²) >= 11 is 0. The second-order valence-corrected chi connectivity index (χ2v) is 1.62. The molecule has 0 radical (unpaired) electrons. The fourth-order valence-electron chi connectivity index (χ4n) is 0.514. The van der Waals surface area contributed by atoms with Gasteiger partial charge in [-0.25, -0.2) is 4.39 Å². The number of aromatic amines is 1. The van der Waals surface area contributed by atoms with Crippen molar-refractivity contribution in [1.82, 2.24) is 4.98 Å². The predicted octanol–water partition coefficient (Wildman–Crippen LogP) is 0.912. The van der Waals surface area contributed by atoms with Crippen molar-refractivity contribution in [2.75, 3.05) is 0 Å². The van der Waals surface area contributed by atoms with Gasteiger partial charge in [0.25, 0.3) is 5.56 Å². The summed E-state index contributed by atoms with van der Waals surface area (Å²) in [5, 5.41) is 2.30. The van der Waals surface area contributed by atoms with E-state index < -0.39 is 17.1 Å². The first-order chi connectivity index (χ1) is 4.74. The fourth-order valence-corrected chi connectivity index (χ4v) is 0.514. The van der Waals surface area contributed by atoms with E-state index in [9.17, 15) is 14.1 Å². The molecule has 0 amide bonds. The van der Waals surface area contributed by atoms with Gasteiger partial charge in [0, 0.05) is 12.3 Å². The van der Waals surface area contributed by atoms with Crippen molar-refractivity contribution in [3.8, 4) is 0 Å². The van der Waals surface area contributed by atoms with Crippen molar-refractivity contribution in [2.45, 2.75) is 0 Å². The van der Waals surface area contributed by atoms with E-state index >= 15 is 0 Å². The normalized spacial score (nSPS) is 9.30. The molecule has 0 saturated carbocycles. The van der Waals surface area contributed by atoms with Gasteiger partial charge in [-0.2, -0.15) is 0 Å². The molecule has 0 aromatic carbocycles. The average molecular weight is 142 g/mol. The van der Waals surface area contributed by atoms with Crippen molar-refractivity contribution in [3.05, 3.63) is 33.3 Å². The number of aromatic nitrogens is 1. The molecule has 0 aliphatic rings. The van der Waals surface area contributed by atoms with Crippen LogP contribution in [0.15, 0.2) is 22.2 Å². The number of nitrogens with zero attached hydrogens (tertiary/aromatic N) is 1. The minimum atomic E-state index is -0.686. The molecule has 0 spiro atoms. The molecule has 1 rings (SSSR count). The van der Waals surface area contributed by atoms with Crippen LogP contribution in [0.2, 0.25) is 0 Å². The molecule has 0 aliphatic heterocycles. The lowest BCUT2D eigenvalue weighted by molar-refractivity contribution is 0.620. The summed E-state index contributed by atoms with van der Waals surface area (Å²) in [7, 11) is 0. The topological polar surface area (TPSA) is 62.3 Å². The van der Waals surface area contributed by atoms with Gasteiger partial charge in [-0.3, -0.25) is 4.79 Å². The van der Waals surface area contributed by atoms with Gasteiger partial charge in [0.1, 0.15) is 5.82 Å². The van der Waals surface area contributed by atoms with Gasteiger partial charge in [-0.15, -0.1) is 4.91 Å². The van der Waals surface area contributed by atoms with Crippen LogP contribution in [-0.4, -0.2) is 4.98 Å². The van der Waals surface area contributed by atoms with Crippen LogP contribution in [0.5, 0.6) is 0 Å². The Morgan fingerprint density at radius 3 is 2.80 bits per heavy atom. The number of hydrogen-bond donors (Lipinski definition) is 1. The molecule has 52 valence electrons. The first-order valence-electron chi connectivity index (χ1n) is 2.45. The molecule has 0 aliphatic carbocycles. The molecule has 5 heteroatoms. The molecular formula is C5H3FN2O2. The summed E-state index contributed by atoms with van der Waals surface area (Å²) in [5.41, 5.74) is -1.13. The summed E-state index contributed by atoms with van der Waals surface area (Å²) in [6.07, 6.45) is 0.858. The number of pyridine rings is 1. The Hall–Kier alpha value is -1.52. The summed E-state index contributed by atoms with van der Waals surface area (Å²) in [6.45, 7) is 0. The molecule has 10 heavy (non-hydrogen) atoms. The second-order valence-electron chi connectivity index (χ2n) is 1.62. The molecule has 1 heterocycles. The highest BCUT2D eigenvalue weighted by Gasteiger charge is 1.98. The standard InChI is InChI=1S/C5H3FN2O2/c6-3-1-4(8-10)5(9)7-2-3/h1-2H,(H,7,9). The summed E-state index contributed by atoms with van der Waals surface area (Å²) in [6, 6.07) is 0.770. The Morgan fingerprint density at radius 1 is 1.60 bits per heavy atom. The Kier molecular flexibility index (Phi) is 1.57. The van der Waals surface area contributed by atoms with Gasteiger partial charge in [0.05, 0.1) is 0 Å². The number of nitroso groups, excluding NO2 is 1. The minimum absolute atomic E-state index is 0.444. The van der Waals surface area contributed by atoms with E-state index in [1.54, 1.807) is 0 Å². The molecule has 0 unspecified atom stereocenters. The van der Waals surface area contributed by atoms with Crippen LogP contribution >= 0.6 is 0 Å². The number of hydrogen-bond acceptors (Lipinski definition) is 3. The van der Waals surface area contributed by atoms with Gasteiger partial charge in [0.2, 0.25) is 0 Å². The first kappa shape index (κ1) is 6.60. The van der Waals surface area contributed by atoms with Crippen LogP contribution in [0.1, 0.15) is 0 Å². The summed E-state index contributed by atoms with van der Waals surface area (Å²) < 4.78 is 12.2. The van der Waals surface area contributed by atoms with E-state index in [1.807, 2.05) is 4.98 Å². The van der Waals surface area contributed by atoms with E-state index in [2.05, 4.69) is 5.18 Å². The Labute approximate surface area is 54.7 Å². The predicted molar refractivity (Wildman–Crippen MR) is 32.5 cm³/mol. The van der Waals surface area contributed by atoms with Gasteiger partial charge < -0.3 is 4.98 Å². The van der Waals surface area contributed by atoms with E-state index in [4.69, 9.17) is 0 Å². The van der Waals surface area contributed by atoms with Crippen molar-refractivity contribution in [3.63, 3.8) is 0 Å². The molecule has 0 fully saturated rings. The Morgan fingerprint density at radius 2 is 2.30 bits per heavy atom. The summed E-state index contributed by atoms with van der Waals surface area (Å²) in [5.74, 6) is -0.686. The summed E-state index contributed by atoms with van der Waals surface area (Å²) in [4.78, 5) is 22.2. The van der Waals surface area contributed by atoms with Gasteiger partial charge in [-0.1, -0.05) is 0 Å². The molecular weight excluding hydrogens is 139 g/mol. The SMILES string of the molecule is O=Nc1cc(F)c[nH]c1=O. The monoisotopic (exact) mass is 142 g/mol. The molecule has 0 saturated heterocycles. The quantitative estimate of drug-likeness (QED) is 0.592. The average Bonchev–Trinajstić information content (AvgIpc) is 1.94. The zero-order valence-electron chi connectivity index (χ0n) is 4.80. The van der Waals surface area contributed by atoms with E-state index in [1.165, 1.54) is 0 Å². The lowest BCUT2D eigenvalue weighted by Crippen LogP contribution is -2.03. The third kappa shape index (κ3) is 1.07. The number of H-pyrrole nitrogens is 1. The van der Waals surface area contributed by atoms with E-state index in [0.717, 1.165) is 12.3 Å². The van der Waals surface area contributed by atoms with Crippen LogP contribution < -0.4 is 5.56 Å². The first-order valence-corrected chi connectivity index (χ1v) is 2.45. The molecule has 0 bridgehead atoms. The maximum atomic E-state index is 12.2. The zero-order chi connectivity index (χ0) is 7.56. The molecule has 4 nitrogen and oxygen atoms in total. The van der Waals surface area contributed by atoms with Crippen LogP contribution in [0.3, 0.4) is 0 Å². The lowest BCUT2D eigenvalue weighted by atomic mass is 10.4. The maximum Gasteiger partial charge on any atom is 0.277 e. The molecule has 1 aromatic heterocycles. The Bertz CT molecular complexity index is 307. The van der Waals surface area contributed by atoms with Crippen molar-refractivity contribution in [2.24, 2.45) is 5.18 Å². The van der Waals surface area contributed by atoms with Gasteiger partial charge in [-0.05, 0) is 5.18 Å². The maximum absolute atomic E-state index is 12.2. The molecule has 0 atom stereocenters. The van der Waals surface area contributed by atoms with Crippen LogP contribution in [-0.2, 0) is 0 Å². The largest absolute Gasteiger partial charge is 0.324 e. The number of nitrogens with one attached hydrogen (secondary N) is 1. The van der Waals surface area contributed by atoms with Crippen LogP contribution in [0.4, 0.5) is 10.1 Å². The smallest absolute Gasteiger partial charge is 0.277 e. The van der Waals surface area contributed by atoms with Crippen LogP contribution in [0, 0.1) is 10.7 Å². The number of rotatable bonds is 1. The Balaban J connectivity index is 3.35. The van der Waals surface area contributed by atoms with E-state index in [-0.39, 0.29) is 0 Å². The van der Waals surface area contributed by atoms with Crippen molar-refractivity contribution >= 4 is 5.69 Å². The fraction of sp³-hybridized carbons (Fsp3) is 0. The highest BCUT2D eigenvalue weighted by molar-refractivity contribution is 5.32.